The fourth-order valence-corrected chi connectivity index (χ4v) is 2.37. The van der Waals surface area contributed by atoms with Crippen molar-refractivity contribution in [2.75, 3.05) is 6.61 Å². The maximum absolute atomic E-state index is 12.2. The third kappa shape index (κ3) is 4.21. The van der Waals surface area contributed by atoms with E-state index in [4.69, 9.17) is 16.7 Å². The van der Waals surface area contributed by atoms with Crippen molar-refractivity contribution in [3.8, 4) is 0 Å². The van der Waals surface area contributed by atoms with Gasteiger partial charge in [-0.05, 0) is 18.8 Å². The lowest BCUT2D eigenvalue weighted by Gasteiger charge is -2.31. The minimum absolute atomic E-state index is 0.0505. The normalized spacial score (nSPS) is 13.3. The molecule has 0 saturated heterocycles. The number of halogens is 1. The monoisotopic (exact) mass is 301 g/mol. The van der Waals surface area contributed by atoms with Crippen LogP contribution in [0.1, 0.15) is 38.4 Å². The molecule has 1 amide bonds. The summed E-state index contributed by atoms with van der Waals surface area (Å²) >= 11 is 6.13. The van der Waals surface area contributed by atoms with Crippen LogP contribution in [0.5, 0.6) is 0 Å². The predicted octanol–water partition coefficient (Wildman–Crippen LogP) is 1.84. The molecular weight excluding hydrogens is 278 g/mol. The molecule has 0 aliphatic carbocycles. The van der Waals surface area contributed by atoms with Crippen LogP contribution in [0.25, 0.3) is 0 Å². The Morgan fingerprint density at radius 3 is 2.50 bits per heavy atom. The van der Waals surface area contributed by atoms with Crippen molar-refractivity contribution >= 4 is 17.5 Å². The Bertz CT molecular complexity index is 477. The van der Waals surface area contributed by atoms with Crippen LogP contribution in [0.2, 0.25) is 5.15 Å². The molecule has 0 spiro atoms. The maximum atomic E-state index is 12.2. The zero-order chi connectivity index (χ0) is 15.5. The summed E-state index contributed by atoms with van der Waals surface area (Å²) in [7, 11) is 1.75. The van der Waals surface area contributed by atoms with Crippen molar-refractivity contribution in [3.63, 3.8) is 0 Å². The minimum atomic E-state index is -0.105. The highest BCUT2D eigenvalue weighted by atomic mass is 35.5. The standard InChI is InChI=1S/C14H24ClN3O2/c1-9-10(13(15)18(5)17-9)8-12(20)16-11(6-7-19)14(2,3)4/h11,19H,6-8H2,1-5H3,(H,16,20). The lowest BCUT2D eigenvalue weighted by atomic mass is 9.85. The molecule has 114 valence electrons. The number of nitrogens with one attached hydrogen (secondary N) is 1. The summed E-state index contributed by atoms with van der Waals surface area (Å²) in [4.78, 5) is 12.2. The van der Waals surface area contributed by atoms with Crippen molar-refractivity contribution in [2.24, 2.45) is 12.5 Å². The van der Waals surface area contributed by atoms with E-state index < -0.39 is 0 Å². The first-order chi connectivity index (χ1) is 9.16. The number of aromatic nitrogens is 2. The van der Waals surface area contributed by atoms with Gasteiger partial charge in [0.25, 0.3) is 0 Å². The zero-order valence-corrected chi connectivity index (χ0v) is 13.6. The molecule has 0 aliphatic rings. The zero-order valence-electron chi connectivity index (χ0n) is 12.8. The lowest BCUT2D eigenvalue weighted by molar-refractivity contribution is -0.122. The quantitative estimate of drug-likeness (QED) is 0.872. The van der Waals surface area contributed by atoms with Crippen LogP contribution in [0, 0.1) is 12.3 Å². The van der Waals surface area contributed by atoms with Gasteiger partial charge in [-0.25, -0.2) is 0 Å². The second kappa shape index (κ2) is 6.59. The maximum Gasteiger partial charge on any atom is 0.224 e. The van der Waals surface area contributed by atoms with Gasteiger partial charge in [-0.1, -0.05) is 32.4 Å². The lowest BCUT2D eigenvalue weighted by Crippen LogP contribution is -2.44. The average Bonchev–Trinajstić information content (AvgIpc) is 2.54. The molecule has 1 rings (SSSR count). The Kier molecular flexibility index (Phi) is 5.59. The Labute approximate surface area is 125 Å². The molecule has 0 bridgehead atoms. The van der Waals surface area contributed by atoms with Crippen LogP contribution < -0.4 is 5.32 Å². The summed E-state index contributed by atoms with van der Waals surface area (Å²) < 4.78 is 1.56. The molecule has 0 aliphatic heterocycles. The van der Waals surface area contributed by atoms with E-state index in [1.165, 1.54) is 0 Å². The van der Waals surface area contributed by atoms with Gasteiger partial charge in [0.05, 0.1) is 12.1 Å². The Morgan fingerprint density at radius 1 is 1.50 bits per heavy atom. The van der Waals surface area contributed by atoms with Gasteiger partial charge in [-0.15, -0.1) is 0 Å². The summed E-state index contributed by atoms with van der Waals surface area (Å²) in [5.41, 5.74) is 1.41. The first-order valence-corrected chi connectivity index (χ1v) is 7.12. The smallest absolute Gasteiger partial charge is 0.224 e. The van der Waals surface area contributed by atoms with Gasteiger partial charge >= 0.3 is 0 Å². The SMILES string of the molecule is Cc1nn(C)c(Cl)c1CC(=O)NC(CCO)C(C)(C)C. The molecule has 0 aromatic carbocycles. The van der Waals surface area contributed by atoms with E-state index in [0.717, 1.165) is 11.3 Å². The molecule has 0 radical (unpaired) electrons. The van der Waals surface area contributed by atoms with Crippen LogP contribution in [-0.4, -0.2) is 33.4 Å². The third-order valence-corrected chi connectivity index (χ3v) is 3.88. The largest absolute Gasteiger partial charge is 0.396 e. The van der Waals surface area contributed by atoms with E-state index in [2.05, 4.69) is 10.4 Å². The molecule has 6 heteroatoms. The number of carbonyl (C=O) groups is 1. The number of nitrogens with zero attached hydrogens (tertiary/aromatic N) is 2. The van der Waals surface area contributed by atoms with Crippen LogP contribution in [0.15, 0.2) is 0 Å². The number of carbonyl (C=O) groups excluding carboxylic acids is 1. The van der Waals surface area contributed by atoms with E-state index in [9.17, 15) is 4.79 Å². The minimum Gasteiger partial charge on any atom is -0.396 e. The molecule has 2 N–H and O–H groups in total. The molecule has 1 unspecified atom stereocenters. The number of aliphatic hydroxyl groups is 1. The first-order valence-electron chi connectivity index (χ1n) is 6.75. The van der Waals surface area contributed by atoms with Crippen LogP contribution in [-0.2, 0) is 18.3 Å². The number of aliphatic hydroxyl groups excluding tert-OH is 1. The topological polar surface area (TPSA) is 67.2 Å². The molecule has 0 saturated carbocycles. The first kappa shape index (κ1) is 17.0. The summed E-state index contributed by atoms with van der Waals surface area (Å²) in [6, 6.07) is -0.0734. The van der Waals surface area contributed by atoms with Crippen molar-refractivity contribution in [2.45, 2.75) is 46.6 Å². The molecule has 0 fully saturated rings. The predicted molar refractivity (Wildman–Crippen MR) is 79.7 cm³/mol. The number of hydrogen-bond acceptors (Lipinski definition) is 3. The summed E-state index contributed by atoms with van der Waals surface area (Å²) in [5, 5.41) is 16.8. The van der Waals surface area contributed by atoms with Gasteiger partial charge in [0.1, 0.15) is 5.15 Å². The van der Waals surface area contributed by atoms with Crippen LogP contribution >= 0.6 is 11.6 Å². The summed E-state index contributed by atoms with van der Waals surface area (Å²) in [6.45, 7) is 8.00. The average molecular weight is 302 g/mol. The van der Waals surface area contributed by atoms with Gasteiger partial charge in [0.2, 0.25) is 5.91 Å². The van der Waals surface area contributed by atoms with E-state index >= 15 is 0 Å². The molecular formula is C14H24ClN3O2. The second-order valence-corrected chi connectivity index (χ2v) is 6.51. The van der Waals surface area contributed by atoms with Crippen LogP contribution in [0.3, 0.4) is 0 Å². The van der Waals surface area contributed by atoms with E-state index in [0.29, 0.717) is 11.6 Å². The Hall–Kier alpha value is -1.07. The molecule has 1 atom stereocenters. The molecule has 20 heavy (non-hydrogen) atoms. The number of hydrogen-bond donors (Lipinski definition) is 2. The highest BCUT2D eigenvalue weighted by molar-refractivity contribution is 6.30. The highest BCUT2D eigenvalue weighted by Crippen LogP contribution is 2.23. The number of rotatable bonds is 5. The third-order valence-electron chi connectivity index (χ3n) is 3.41. The van der Waals surface area contributed by atoms with Crippen molar-refractivity contribution in [3.05, 3.63) is 16.4 Å². The van der Waals surface area contributed by atoms with Crippen LogP contribution in [0.4, 0.5) is 0 Å². The van der Waals surface area contributed by atoms with Crippen molar-refractivity contribution in [1.82, 2.24) is 15.1 Å². The van der Waals surface area contributed by atoms with E-state index in [1.807, 2.05) is 27.7 Å². The number of aryl methyl sites for hydroxylation is 2. The fourth-order valence-electron chi connectivity index (χ4n) is 2.13. The Morgan fingerprint density at radius 2 is 2.10 bits per heavy atom. The van der Waals surface area contributed by atoms with Gasteiger partial charge < -0.3 is 10.4 Å². The molecule has 1 heterocycles. The molecule has 1 aromatic heterocycles. The second-order valence-electron chi connectivity index (χ2n) is 6.15. The van der Waals surface area contributed by atoms with Gasteiger partial charge in [-0.3, -0.25) is 9.48 Å². The highest BCUT2D eigenvalue weighted by Gasteiger charge is 2.26. The number of amides is 1. The van der Waals surface area contributed by atoms with Gasteiger partial charge in [-0.2, -0.15) is 5.10 Å². The van der Waals surface area contributed by atoms with Gasteiger partial charge in [0, 0.05) is 25.3 Å². The molecule has 1 aromatic rings. The summed E-state index contributed by atoms with van der Waals surface area (Å²) in [6.07, 6.45) is 0.742. The summed E-state index contributed by atoms with van der Waals surface area (Å²) in [5.74, 6) is -0.101. The van der Waals surface area contributed by atoms with E-state index in [-0.39, 0.29) is 30.4 Å². The molecule has 5 nitrogen and oxygen atoms in total. The Balaban J connectivity index is 2.76. The van der Waals surface area contributed by atoms with Crippen molar-refractivity contribution < 1.29 is 9.90 Å². The fraction of sp³-hybridized carbons (Fsp3) is 0.714. The van der Waals surface area contributed by atoms with E-state index in [1.54, 1.807) is 11.7 Å². The van der Waals surface area contributed by atoms with Crippen molar-refractivity contribution in [1.29, 1.82) is 0 Å². The van der Waals surface area contributed by atoms with Gasteiger partial charge in [0.15, 0.2) is 0 Å².